The highest BCUT2D eigenvalue weighted by atomic mass is 35.5. The summed E-state index contributed by atoms with van der Waals surface area (Å²) in [6.45, 7) is 0.207. The Hall–Kier alpha value is -2.20. The van der Waals surface area contributed by atoms with E-state index in [1.807, 2.05) is 0 Å². The van der Waals surface area contributed by atoms with Crippen LogP contribution in [0.2, 0.25) is 5.02 Å². The first kappa shape index (κ1) is 12.8. The molecule has 1 amide bonds. The molecule has 2 aromatic carbocycles. The summed E-state index contributed by atoms with van der Waals surface area (Å²) in [6, 6.07) is 10.7. The normalized spacial score (nSPS) is 13.8. The minimum atomic E-state index is -0.613. The summed E-state index contributed by atoms with van der Waals surface area (Å²) in [5.74, 6) is -1.56. The molecular formula is C15H9ClFNO2. The highest BCUT2D eigenvalue weighted by molar-refractivity contribution is 6.55. The molecule has 3 nitrogen and oxygen atoms in total. The molecule has 0 saturated carbocycles. The van der Waals surface area contributed by atoms with Crippen molar-refractivity contribution in [3.8, 4) is 0 Å². The zero-order chi connectivity index (χ0) is 14.3. The molecule has 0 spiro atoms. The summed E-state index contributed by atoms with van der Waals surface area (Å²) in [6.07, 6.45) is 0. The first-order chi connectivity index (χ1) is 9.58. The third-order valence-corrected chi connectivity index (χ3v) is 3.52. The second-order valence-electron chi connectivity index (χ2n) is 4.48. The van der Waals surface area contributed by atoms with Crippen LogP contribution in [-0.4, -0.2) is 11.7 Å². The van der Waals surface area contributed by atoms with E-state index in [2.05, 4.69) is 0 Å². The smallest absolute Gasteiger partial charge is 0.299 e. The van der Waals surface area contributed by atoms with Gasteiger partial charge in [0, 0.05) is 0 Å². The number of fused-ring (bicyclic) bond motifs is 1. The fourth-order valence-electron chi connectivity index (χ4n) is 2.23. The van der Waals surface area contributed by atoms with Gasteiger partial charge in [-0.3, -0.25) is 9.59 Å². The molecule has 0 aliphatic carbocycles. The molecule has 1 heterocycles. The van der Waals surface area contributed by atoms with Crippen molar-refractivity contribution in [1.29, 1.82) is 0 Å². The molecule has 100 valence electrons. The molecular weight excluding hydrogens is 281 g/mol. The summed E-state index contributed by atoms with van der Waals surface area (Å²) in [5.41, 5.74) is 1.47. The van der Waals surface area contributed by atoms with E-state index >= 15 is 0 Å². The average molecular weight is 290 g/mol. The highest BCUT2D eigenvalue weighted by Crippen LogP contribution is 2.34. The summed E-state index contributed by atoms with van der Waals surface area (Å²) < 4.78 is 12.9. The Kier molecular flexibility index (Phi) is 3.03. The predicted molar refractivity (Wildman–Crippen MR) is 73.4 cm³/mol. The van der Waals surface area contributed by atoms with E-state index in [1.165, 1.54) is 17.0 Å². The number of carbonyl (C=O) groups is 2. The van der Waals surface area contributed by atoms with E-state index in [9.17, 15) is 14.0 Å². The van der Waals surface area contributed by atoms with Crippen LogP contribution in [0.15, 0.2) is 42.5 Å². The molecule has 20 heavy (non-hydrogen) atoms. The van der Waals surface area contributed by atoms with Gasteiger partial charge in [0.2, 0.25) is 0 Å². The Morgan fingerprint density at radius 3 is 2.45 bits per heavy atom. The molecule has 5 heteroatoms. The Morgan fingerprint density at radius 2 is 1.75 bits per heavy atom. The average Bonchev–Trinajstić information content (AvgIpc) is 2.67. The lowest BCUT2D eigenvalue weighted by Gasteiger charge is -2.16. The third-order valence-electron chi connectivity index (χ3n) is 3.20. The van der Waals surface area contributed by atoms with E-state index in [0.29, 0.717) is 5.69 Å². The Balaban J connectivity index is 1.99. The number of halogens is 2. The summed E-state index contributed by atoms with van der Waals surface area (Å²) in [7, 11) is 0. The SMILES string of the molecule is O=C1C(=O)N(Cc2ccc(F)cc2)c2cccc(Cl)c21. The number of Topliss-reactive ketones (excluding diaryl/α,β-unsaturated/α-hetero) is 1. The topological polar surface area (TPSA) is 37.4 Å². The third kappa shape index (κ3) is 1.98. The quantitative estimate of drug-likeness (QED) is 0.796. The predicted octanol–water partition coefficient (Wildman–Crippen LogP) is 3.21. The maximum absolute atomic E-state index is 12.9. The molecule has 0 fully saturated rings. The number of nitrogens with zero attached hydrogens (tertiary/aromatic N) is 1. The van der Waals surface area contributed by atoms with Gasteiger partial charge in [0.15, 0.2) is 0 Å². The van der Waals surface area contributed by atoms with Crippen molar-refractivity contribution in [2.45, 2.75) is 6.54 Å². The van der Waals surface area contributed by atoms with Crippen molar-refractivity contribution in [2.24, 2.45) is 0 Å². The molecule has 0 aromatic heterocycles. The Labute approximate surface area is 119 Å². The summed E-state index contributed by atoms with van der Waals surface area (Å²) in [4.78, 5) is 25.3. The zero-order valence-electron chi connectivity index (χ0n) is 10.3. The second kappa shape index (κ2) is 4.72. The van der Waals surface area contributed by atoms with E-state index in [4.69, 9.17) is 11.6 Å². The van der Waals surface area contributed by atoms with Crippen LogP contribution in [0, 0.1) is 5.82 Å². The van der Waals surface area contributed by atoms with Gasteiger partial charge in [-0.05, 0) is 29.8 Å². The van der Waals surface area contributed by atoms with Gasteiger partial charge >= 0.3 is 0 Å². The van der Waals surface area contributed by atoms with Crippen LogP contribution >= 0.6 is 11.6 Å². The number of benzene rings is 2. The maximum atomic E-state index is 12.9. The lowest BCUT2D eigenvalue weighted by molar-refractivity contribution is -0.114. The first-order valence-corrected chi connectivity index (χ1v) is 6.35. The van der Waals surface area contributed by atoms with Gasteiger partial charge in [-0.2, -0.15) is 0 Å². The van der Waals surface area contributed by atoms with Crippen molar-refractivity contribution < 1.29 is 14.0 Å². The van der Waals surface area contributed by atoms with Crippen molar-refractivity contribution >= 4 is 29.0 Å². The van der Waals surface area contributed by atoms with Crippen molar-refractivity contribution in [3.05, 3.63) is 64.4 Å². The van der Waals surface area contributed by atoms with Crippen molar-refractivity contribution in [1.82, 2.24) is 0 Å². The van der Waals surface area contributed by atoms with Crippen molar-refractivity contribution in [2.75, 3.05) is 4.90 Å². The second-order valence-corrected chi connectivity index (χ2v) is 4.89. The van der Waals surface area contributed by atoms with Crippen LogP contribution in [0.25, 0.3) is 0 Å². The van der Waals surface area contributed by atoms with E-state index < -0.39 is 11.7 Å². The number of hydrogen-bond donors (Lipinski definition) is 0. The number of hydrogen-bond acceptors (Lipinski definition) is 2. The van der Waals surface area contributed by atoms with E-state index in [0.717, 1.165) is 5.56 Å². The van der Waals surface area contributed by atoms with Gasteiger partial charge in [0.25, 0.3) is 11.7 Å². The monoisotopic (exact) mass is 289 g/mol. The molecule has 1 aliphatic heterocycles. The standard InChI is InChI=1S/C15H9ClFNO2/c16-11-2-1-3-12-13(11)14(19)15(20)18(12)8-9-4-6-10(17)7-5-9/h1-7H,8H2. The molecule has 0 saturated heterocycles. The van der Waals surface area contributed by atoms with Gasteiger partial charge in [-0.15, -0.1) is 0 Å². The largest absolute Gasteiger partial charge is 0.300 e. The molecule has 1 aliphatic rings. The molecule has 0 unspecified atom stereocenters. The summed E-state index contributed by atoms with van der Waals surface area (Å²) >= 11 is 5.97. The highest BCUT2D eigenvalue weighted by Gasteiger charge is 2.37. The number of ketones is 1. The van der Waals surface area contributed by atoms with Gasteiger partial charge in [-0.1, -0.05) is 29.8 Å². The van der Waals surface area contributed by atoms with Crippen LogP contribution in [0.4, 0.5) is 10.1 Å². The minimum absolute atomic E-state index is 0.207. The minimum Gasteiger partial charge on any atom is -0.300 e. The lowest BCUT2D eigenvalue weighted by atomic mass is 10.1. The van der Waals surface area contributed by atoms with Crippen LogP contribution in [0.5, 0.6) is 0 Å². The maximum Gasteiger partial charge on any atom is 0.299 e. The van der Waals surface area contributed by atoms with Crippen LogP contribution in [0.1, 0.15) is 15.9 Å². The molecule has 2 aromatic rings. The first-order valence-electron chi connectivity index (χ1n) is 5.97. The lowest BCUT2D eigenvalue weighted by Crippen LogP contribution is -2.29. The molecule has 0 atom stereocenters. The molecule has 0 N–H and O–H groups in total. The molecule has 3 rings (SSSR count). The van der Waals surface area contributed by atoms with Gasteiger partial charge in [0.05, 0.1) is 22.8 Å². The van der Waals surface area contributed by atoms with Crippen molar-refractivity contribution in [3.63, 3.8) is 0 Å². The number of anilines is 1. The van der Waals surface area contributed by atoms with E-state index in [1.54, 1.807) is 30.3 Å². The number of amides is 1. The fraction of sp³-hybridized carbons (Fsp3) is 0.0667. The number of carbonyl (C=O) groups excluding carboxylic acids is 2. The van der Waals surface area contributed by atoms with Gasteiger partial charge in [0.1, 0.15) is 5.82 Å². The van der Waals surface area contributed by atoms with Crippen LogP contribution < -0.4 is 4.90 Å². The van der Waals surface area contributed by atoms with E-state index in [-0.39, 0.29) is 22.9 Å². The molecule has 0 bridgehead atoms. The van der Waals surface area contributed by atoms with Crippen LogP contribution in [0.3, 0.4) is 0 Å². The Morgan fingerprint density at radius 1 is 1.05 bits per heavy atom. The molecule has 0 radical (unpaired) electrons. The van der Waals surface area contributed by atoms with Crippen LogP contribution in [-0.2, 0) is 11.3 Å². The van der Waals surface area contributed by atoms with Gasteiger partial charge in [-0.25, -0.2) is 4.39 Å². The zero-order valence-corrected chi connectivity index (χ0v) is 11.0. The Bertz CT molecular complexity index is 712. The van der Waals surface area contributed by atoms with Gasteiger partial charge < -0.3 is 4.90 Å². The summed E-state index contributed by atoms with van der Waals surface area (Å²) in [5, 5.41) is 0.266. The number of rotatable bonds is 2. The fourth-order valence-corrected chi connectivity index (χ4v) is 2.49.